The molecule has 0 atom stereocenters. The van der Waals surface area contributed by atoms with Gasteiger partial charge in [-0.25, -0.2) is 0 Å². The Kier molecular flexibility index (Phi) is 3.15. The largest absolute Gasteiger partial charge is 0.406 e. The highest BCUT2D eigenvalue weighted by molar-refractivity contribution is 14.1. The number of pyridine rings is 1. The second kappa shape index (κ2) is 4.32. The molecule has 2 rings (SSSR count). The Balaban J connectivity index is 2.68. The zero-order chi connectivity index (χ0) is 12.6. The van der Waals surface area contributed by atoms with Gasteiger partial charge in [-0.1, -0.05) is 18.2 Å². The third-order valence-electron chi connectivity index (χ3n) is 2.29. The molecule has 0 radical (unpaired) electrons. The number of hydrogen-bond acceptors (Lipinski definition) is 1. The van der Waals surface area contributed by atoms with Gasteiger partial charge < -0.3 is 4.57 Å². The third kappa shape index (κ3) is 2.62. The maximum absolute atomic E-state index is 12.3. The first-order valence-electron chi connectivity index (χ1n) is 4.73. The van der Waals surface area contributed by atoms with E-state index >= 15 is 0 Å². The quantitative estimate of drug-likeness (QED) is 0.722. The van der Waals surface area contributed by atoms with Gasteiger partial charge in [0.05, 0.1) is 0 Å². The van der Waals surface area contributed by atoms with Crippen LogP contribution in [0.1, 0.15) is 0 Å². The molecule has 0 saturated carbocycles. The monoisotopic (exact) mass is 353 g/mol. The smallest absolute Gasteiger partial charge is 0.305 e. The fourth-order valence-corrected chi connectivity index (χ4v) is 2.41. The van der Waals surface area contributed by atoms with Crippen molar-refractivity contribution in [1.29, 1.82) is 0 Å². The van der Waals surface area contributed by atoms with Gasteiger partial charge in [-0.15, -0.1) is 0 Å². The van der Waals surface area contributed by atoms with E-state index in [-0.39, 0.29) is 0 Å². The topological polar surface area (TPSA) is 22.0 Å². The van der Waals surface area contributed by atoms with Gasteiger partial charge in [-0.3, -0.25) is 4.79 Å². The minimum absolute atomic E-state index is 0.309. The summed E-state index contributed by atoms with van der Waals surface area (Å²) in [5, 5.41) is 0.986. The highest BCUT2D eigenvalue weighted by Gasteiger charge is 2.28. The van der Waals surface area contributed by atoms with Gasteiger partial charge in [0.25, 0.3) is 5.56 Å². The molecule has 0 aliphatic heterocycles. The van der Waals surface area contributed by atoms with E-state index in [9.17, 15) is 18.0 Å². The van der Waals surface area contributed by atoms with Crippen LogP contribution < -0.4 is 5.56 Å². The summed E-state index contributed by atoms with van der Waals surface area (Å²) < 4.78 is 38.2. The molecule has 1 heterocycles. The zero-order valence-electron chi connectivity index (χ0n) is 8.46. The molecule has 0 aliphatic rings. The van der Waals surface area contributed by atoms with E-state index in [1.807, 2.05) is 22.6 Å². The Morgan fingerprint density at radius 1 is 1.18 bits per heavy atom. The maximum atomic E-state index is 12.3. The van der Waals surface area contributed by atoms with Crippen molar-refractivity contribution in [2.24, 2.45) is 0 Å². The van der Waals surface area contributed by atoms with E-state index in [0.29, 0.717) is 18.9 Å². The molecule has 6 heteroatoms. The average Bonchev–Trinajstić information content (AvgIpc) is 2.24. The number of fused-ring (bicyclic) bond motifs is 1. The minimum Gasteiger partial charge on any atom is -0.305 e. The SMILES string of the molecule is O=c1c2ccccc2c(I)cn1CC(F)(F)F. The lowest BCUT2D eigenvalue weighted by molar-refractivity contribution is -0.141. The van der Waals surface area contributed by atoms with E-state index in [1.54, 1.807) is 18.2 Å². The van der Waals surface area contributed by atoms with Crippen molar-refractivity contribution in [3.63, 3.8) is 0 Å². The van der Waals surface area contributed by atoms with E-state index in [4.69, 9.17) is 0 Å². The van der Waals surface area contributed by atoms with Crippen LogP contribution in [0.4, 0.5) is 13.2 Å². The first-order chi connectivity index (χ1) is 7.88. The first kappa shape index (κ1) is 12.4. The van der Waals surface area contributed by atoms with Crippen molar-refractivity contribution in [2.75, 3.05) is 0 Å². The van der Waals surface area contributed by atoms with Crippen LogP contribution in [0.15, 0.2) is 35.3 Å². The Hall–Kier alpha value is -1.05. The summed E-state index contributed by atoms with van der Waals surface area (Å²) in [7, 11) is 0. The average molecular weight is 353 g/mol. The maximum Gasteiger partial charge on any atom is 0.406 e. The lowest BCUT2D eigenvalue weighted by Crippen LogP contribution is -2.28. The van der Waals surface area contributed by atoms with E-state index in [0.717, 1.165) is 0 Å². The van der Waals surface area contributed by atoms with Gasteiger partial charge in [-0.05, 0) is 28.7 Å². The van der Waals surface area contributed by atoms with E-state index in [1.165, 1.54) is 12.3 Å². The standard InChI is InChI=1S/C11H7F3INO/c12-11(13,14)6-16-5-9(15)7-3-1-2-4-8(7)10(16)17/h1-5H,6H2. The number of nitrogens with zero attached hydrogens (tertiary/aromatic N) is 1. The Morgan fingerprint density at radius 2 is 1.76 bits per heavy atom. The summed E-state index contributed by atoms with van der Waals surface area (Å²) >= 11 is 1.92. The number of rotatable bonds is 1. The van der Waals surface area contributed by atoms with Crippen molar-refractivity contribution in [2.45, 2.75) is 12.7 Å². The van der Waals surface area contributed by atoms with Crippen molar-refractivity contribution in [3.05, 3.63) is 44.4 Å². The summed E-state index contributed by atoms with van der Waals surface area (Å²) in [5.41, 5.74) is -0.613. The van der Waals surface area contributed by atoms with Crippen molar-refractivity contribution in [1.82, 2.24) is 4.57 Å². The molecule has 2 nitrogen and oxygen atoms in total. The van der Waals surface area contributed by atoms with Crippen LogP contribution >= 0.6 is 22.6 Å². The van der Waals surface area contributed by atoms with Crippen LogP contribution in [0.25, 0.3) is 10.8 Å². The molecule has 0 fully saturated rings. The molecule has 0 N–H and O–H groups in total. The van der Waals surface area contributed by atoms with E-state index in [2.05, 4.69) is 0 Å². The Labute approximate surface area is 108 Å². The number of halogens is 4. The predicted octanol–water partition coefficient (Wildman–Crippen LogP) is 3.17. The summed E-state index contributed by atoms with van der Waals surface area (Å²) in [6, 6.07) is 6.64. The highest BCUT2D eigenvalue weighted by atomic mass is 127. The number of alkyl halides is 3. The molecule has 2 aromatic rings. The number of hydrogen-bond donors (Lipinski definition) is 0. The Morgan fingerprint density at radius 3 is 2.35 bits per heavy atom. The van der Waals surface area contributed by atoms with E-state index < -0.39 is 18.3 Å². The molecule has 1 aromatic heterocycles. The van der Waals surface area contributed by atoms with Crippen molar-refractivity contribution < 1.29 is 13.2 Å². The second-order valence-electron chi connectivity index (χ2n) is 3.57. The van der Waals surface area contributed by atoms with Crippen LogP contribution in [0, 0.1) is 3.57 Å². The van der Waals surface area contributed by atoms with Crippen LogP contribution in [0.5, 0.6) is 0 Å². The van der Waals surface area contributed by atoms with Crippen LogP contribution in [-0.2, 0) is 6.54 Å². The molecule has 90 valence electrons. The fourth-order valence-electron chi connectivity index (χ4n) is 1.61. The first-order valence-corrected chi connectivity index (χ1v) is 5.81. The van der Waals surface area contributed by atoms with Crippen LogP contribution in [-0.4, -0.2) is 10.7 Å². The molecular weight excluding hydrogens is 346 g/mol. The van der Waals surface area contributed by atoms with Gasteiger partial charge >= 0.3 is 6.18 Å². The van der Waals surface area contributed by atoms with Gasteiger partial charge in [0.15, 0.2) is 0 Å². The summed E-state index contributed by atoms with van der Waals surface area (Å²) in [4.78, 5) is 11.8. The van der Waals surface area contributed by atoms with Gasteiger partial charge in [-0.2, -0.15) is 13.2 Å². The van der Waals surface area contributed by atoms with Crippen LogP contribution in [0.2, 0.25) is 0 Å². The van der Waals surface area contributed by atoms with Crippen molar-refractivity contribution >= 4 is 33.4 Å². The van der Waals surface area contributed by atoms with Gasteiger partial charge in [0.1, 0.15) is 6.54 Å². The second-order valence-corrected chi connectivity index (χ2v) is 4.73. The third-order valence-corrected chi connectivity index (χ3v) is 3.15. The Bertz CT molecular complexity index is 618. The molecule has 0 spiro atoms. The number of benzene rings is 1. The minimum atomic E-state index is -4.39. The fraction of sp³-hybridized carbons (Fsp3) is 0.182. The molecule has 17 heavy (non-hydrogen) atoms. The highest BCUT2D eigenvalue weighted by Crippen LogP contribution is 2.20. The molecule has 0 amide bonds. The lowest BCUT2D eigenvalue weighted by Gasteiger charge is -2.11. The molecule has 0 bridgehead atoms. The lowest BCUT2D eigenvalue weighted by atomic mass is 10.2. The predicted molar refractivity (Wildman–Crippen MR) is 67.0 cm³/mol. The molecule has 0 aliphatic carbocycles. The summed E-state index contributed by atoms with van der Waals surface area (Å²) in [6.45, 7) is -1.26. The summed E-state index contributed by atoms with van der Waals surface area (Å²) in [5.74, 6) is 0. The zero-order valence-corrected chi connectivity index (χ0v) is 10.6. The molecular formula is C11H7F3INO. The molecule has 1 aromatic carbocycles. The van der Waals surface area contributed by atoms with Gasteiger partial charge in [0.2, 0.25) is 0 Å². The molecule has 0 unspecified atom stereocenters. The van der Waals surface area contributed by atoms with Crippen molar-refractivity contribution in [3.8, 4) is 0 Å². The van der Waals surface area contributed by atoms with Gasteiger partial charge in [0, 0.05) is 20.5 Å². The van der Waals surface area contributed by atoms with Crippen LogP contribution in [0.3, 0.4) is 0 Å². The molecule has 0 saturated heterocycles. The normalized spacial score (nSPS) is 12.0. The number of aromatic nitrogens is 1. The summed E-state index contributed by atoms with van der Waals surface area (Å²) in [6.07, 6.45) is -3.16.